The van der Waals surface area contributed by atoms with Crippen LogP contribution in [0.4, 0.5) is 5.82 Å². The number of halogens is 1. The summed E-state index contributed by atoms with van der Waals surface area (Å²) in [5, 5.41) is 0. The lowest BCUT2D eigenvalue weighted by molar-refractivity contribution is 0.532. The molecule has 0 spiro atoms. The summed E-state index contributed by atoms with van der Waals surface area (Å²) in [5.74, 6) is 2.45. The Balaban J connectivity index is 2.73. The monoisotopic (exact) mass is 313 g/mol. The quantitative estimate of drug-likeness (QED) is 0.757. The maximum Gasteiger partial charge on any atom is 0.146 e. The molecule has 1 rings (SSSR count). The van der Waals surface area contributed by atoms with Crippen molar-refractivity contribution in [3.63, 3.8) is 0 Å². The summed E-state index contributed by atoms with van der Waals surface area (Å²) in [5.41, 5.74) is 0. The van der Waals surface area contributed by atoms with E-state index in [1.54, 1.807) is 6.33 Å². The van der Waals surface area contributed by atoms with E-state index in [0.717, 1.165) is 23.4 Å². The molecule has 0 aliphatic carbocycles. The first-order valence-electron chi connectivity index (χ1n) is 6.71. The summed E-state index contributed by atoms with van der Waals surface area (Å²) in [6, 6.07) is 0. The van der Waals surface area contributed by atoms with Crippen molar-refractivity contribution in [3.05, 3.63) is 17.0 Å². The van der Waals surface area contributed by atoms with Gasteiger partial charge in [0.2, 0.25) is 0 Å². The Morgan fingerprint density at radius 3 is 2.11 bits per heavy atom. The minimum absolute atomic E-state index is 0.715. The Labute approximate surface area is 119 Å². The Bertz CT molecular complexity index is 341. The normalized spacial score (nSPS) is 11.3. The lowest BCUT2D eigenvalue weighted by atomic mass is 10.1. The summed E-state index contributed by atoms with van der Waals surface area (Å²) in [6.07, 6.45) is 5.82. The van der Waals surface area contributed by atoms with Crippen molar-refractivity contribution in [2.24, 2.45) is 11.8 Å². The second kappa shape index (κ2) is 7.72. The highest BCUT2D eigenvalue weighted by atomic mass is 79.9. The molecule has 18 heavy (non-hydrogen) atoms. The summed E-state index contributed by atoms with van der Waals surface area (Å²) in [4.78, 5) is 10.8. The molecule has 0 bridgehead atoms. The van der Waals surface area contributed by atoms with E-state index in [0.29, 0.717) is 11.8 Å². The van der Waals surface area contributed by atoms with Gasteiger partial charge in [-0.25, -0.2) is 9.97 Å². The largest absolute Gasteiger partial charge is 0.356 e. The zero-order valence-corrected chi connectivity index (χ0v) is 13.4. The second-order valence-corrected chi connectivity index (χ2v) is 6.40. The number of anilines is 1. The molecule has 102 valence electrons. The third kappa shape index (κ3) is 5.34. The van der Waals surface area contributed by atoms with Gasteiger partial charge in [0.1, 0.15) is 12.1 Å². The highest BCUT2D eigenvalue weighted by molar-refractivity contribution is 9.10. The lowest BCUT2D eigenvalue weighted by Gasteiger charge is -2.26. The van der Waals surface area contributed by atoms with Gasteiger partial charge >= 0.3 is 0 Å². The minimum Gasteiger partial charge on any atom is -0.356 e. The molecule has 0 fully saturated rings. The topological polar surface area (TPSA) is 29.0 Å². The molecule has 0 aliphatic rings. The van der Waals surface area contributed by atoms with E-state index in [2.05, 4.69) is 58.5 Å². The molecule has 0 N–H and O–H groups in total. The Morgan fingerprint density at radius 2 is 1.67 bits per heavy atom. The van der Waals surface area contributed by atoms with E-state index in [-0.39, 0.29) is 0 Å². The molecule has 0 unspecified atom stereocenters. The highest BCUT2D eigenvalue weighted by Gasteiger charge is 2.12. The van der Waals surface area contributed by atoms with Crippen molar-refractivity contribution < 1.29 is 0 Å². The van der Waals surface area contributed by atoms with Crippen molar-refractivity contribution >= 4 is 21.7 Å². The van der Waals surface area contributed by atoms with E-state index in [9.17, 15) is 0 Å². The number of hydrogen-bond acceptors (Lipinski definition) is 3. The van der Waals surface area contributed by atoms with Gasteiger partial charge in [0.05, 0.1) is 4.47 Å². The van der Waals surface area contributed by atoms with Crippen LogP contribution in [0.15, 0.2) is 17.0 Å². The van der Waals surface area contributed by atoms with Crippen LogP contribution in [0.25, 0.3) is 0 Å². The van der Waals surface area contributed by atoms with E-state index in [1.807, 2.05) is 6.20 Å². The number of hydrogen-bond donors (Lipinski definition) is 0. The molecular weight excluding hydrogens is 290 g/mol. The predicted molar refractivity (Wildman–Crippen MR) is 80.9 cm³/mol. The van der Waals surface area contributed by atoms with Gasteiger partial charge in [-0.3, -0.25) is 0 Å². The van der Waals surface area contributed by atoms with E-state index < -0.39 is 0 Å². The Kier molecular flexibility index (Phi) is 6.61. The summed E-state index contributed by atoms with van der Waals surface area (Å²) < 4.78 is 0.984. The number of aromatic nitrogens is 2. The van der Waals surface area contributed by atoms with Crippen LogP contribution in [0.2, 0.25) is 0 Å². The zero-order valence-electron chi connectivity index (χ0n) is 11.9. The molecule has 0 atom stereocenters. The zero-order chi connectivity index (χ0) is 13.5. The van der Waals surface area contributed by atoms with Crippen LogP contribution in [-0.4, -0.2) is 23.1 Å². The first-order chi connectivity index (χ1) is 8.50. The highest BCUT2D eigenvalue weighted by Crippen LogP contribution is 2.23. The summed E-state index contributed by atoms with van der Waals surface area (Å²) in [7, 11) is 0. The van der Waals surface area contributed by atoms with Crippen LogP contribution >= 0.6 is 15.9 Å². The summed E-state index contributed by atoms with van der Waals surface area (Å²) in [6.45, 7) is 11.1. The second-order valence-electron chi connectivity index (χ2n) is 5.55. The van der Waals surface area contributed by atoms with Crippen LogP contribution in [0.3, 0.4) is 0 Å². The van der Waals surface area contributed by atoms with E-state index in [1.165, 1.54) is 12.8 Å². The van der Waals surface area contributed by atoms with Gasteiger partial charge in [-0.2, -0.15) is 0 Å². The fourth-order valence-electron chi connectivity index (χ4n) is 1.69. The summed E-state index contributed by atoms with van der Waals surface area (Å²) >= 11 is 3.54. The average molecular weight is 314 g/mol. The van der Waals surface area contributed by atoms with Gasteiger partial charge < -0.3 is 4.90 Å². The fraction of sp³-hybridized carbons (Fsp3) is 0.714. The molecule has 1 heterocycles. The molecule has 0 saturated heterocycles. The van der Waals surface area contributed by atoms with Crippen LogP contribution in [0, 0.1) is 11.8 Å². The molecule has 0 aromatic carbocycles. The first-order valence-corrected chi connectivity index (χ1v) is 7.50. The smallest absolute Gasteiger partial charge is 0.146 e. The molecule has 0 radical (unpaired) electrons. The van der Waals surface area contributed by atoms with Gasteiger partial charge in [-0.1, -0.05) is 27.7 Å². The van der Waals surface area contributed by atoms with Gasteiger partial charge in [0.25, 0.3) is 0 Å². The standard InChI is InChI=1S/C14H24BrN3/c1-11(2)5-7-18(8-6-12(3)4)14-13(15)9-16-10-17-14/h9-12H,5-8H2,1-4H3. The Morgan fingerprint density at radius 1 is 1.11 bits per heavy atom. The minimum atomic E-state index is 0.715. The molecule has 4 heteroatoms. The van der Waals surface area contributed by atoms with Crippen LogP contribution in [0.5, 0.6) is 0 Å². The van der Waals surface area contributed by atoms with Crippen LogP contribution in [-0.2, 0) is 0 Å². The molecule has 1 aromatic heterocycles. The molecule has 0 amide bonds. The number of nitrogens with zero attached hydrogens (tertiary/aromatic N) is 3. The van der Waals surface area contributed by atoms with Gasteiger partial charge in [-0.05, 0) is 40.6 Å². The van der Waals surface area contributed by atoms with Crippen molar-refractivity contribution in [3.8, 4) is 0 Å². The predicted octanol–water partition coefficient (Wildman–Crippen LogP) is 4.14. The van der Waals surface area contributed by atoms with Crippen LogP contribution < -0.4 is 4.90 Å². The van der Waals surface area contributed by atoms with Gasteiger partial charge in [-0.15, -0.1) is 0 Å². The third-order valence-electron chi connectivity index (χ3n) is 2.90. The Hall–Kier alpha value is -0.640. The van der Waals surface area contributed by atoms with Crippen LogP contribution in [0.1, 0.15) is 40.5 Å². The molecule has 3 nitrogen and oxygen atoms in total. The molecular formula is C14H24BrN3. The fourth-order valence-corrected chi connectivity index (χ4v) is 2.16. The molecule has 0 aliphatic heterocycles. The van der Waals surface area contributed by atoms with Crippen molar-refractivity contribution in [1.29, 1.82) is 0 Å². The van der Waals surface area contributed by atoms with E-state index >= 15 is 0 Å². The first kappa shape index (κ1) is 15.4. The van der Waals surface area contributed by atoms with Gasteiger partial charge in [0, 0.05) is 19.3 Å². The number of rotatable bonds is 7. The SMILES string of the molecule is CC(C)CCN(CCC(C)C)c1ncncc1Br. The maximum atomic E-state index is 4.40. The van der Waals surface area contributed by atoms with E-state index in [4.69, 9.17) is 0 Å². The van der Waals surface area contributed by atoms with Crippen molar-refractivity contribution in [2.75, 3.05) is 18.0 Å². The van der Waals surface area contributed by atoms with Crippen molar-refractivity contribution in [1.82, 2.24) is 9.97 Å². The van der Waals surface area contributed by atoms with Gasteiger partial charge in [0.15, 0.2) is 0 Å². The lowest BCUT2D eigenvalue weighted by Crippen LogP contribution is -2.28. The maximum absolute atomic E-state index is 4.40. The average Bonchev–Trinajstić information content (AvgIpc) is 2.30. The third-order valence-corrected chi connectivity index (χ3v) is 3.46. The molecule has 1 aromatic rings. The van der Waals surface area contributed by atoms with Crippen molar-refractivity contribution in [2.45, 2.75) is 40.5 Å². The molecule has 0 saturated carbocycles.